The van der Waals surface area contributed by atoms with E-state index >= 15 is 0 Å². The van der Waals surface area contributed by atoms with Crippen molar-refractivity contribution in [3.8, 4) is 0 Å². The third-order valence-corrected chi connectivity index (χ3v) is 7.59. The summed E-state index contributed by atoms with van der Waals surface area (Å²) in [4.78, 5) is 22.0. The Bertz CT molecular complexity index is 1650. The lowest BCUT2D eigenvalue weighted by atomic mass is 10.2. The maximum absolute atomic E-state index is 13.6. The molecule has 0 spiro atoms. The molecule has 1 aliphatic rings. The summed E-state index contributed by atoms with van der Waals surface area (Å²) in [5, 5.41) is 16.3. The summed E-state index contributed by atoms with van der Waals surface area (Å²) < 4.78 is 26.4. The zero-order chi connectivity index (χ0) is 26.8. The highest BCUT2D eigenvalue weighted by molar-refractivity contribution is 7.22. The van der Waals surface area contributed by atoms with Crippen LogP contribution in [0.4, 0.5) is 25.7 Å². The molecule has 2 aromatic carbocycles. The van der Waals surface area contributed by atoms with Gasteiger partial charge < -0.3 is 20.1 Å². The van der Waals surface area contributed by atoms with Gasteiger partial charge in [-0.25, -0.2) is 19.2 Å². The summed E-state index contributed by atoms with van der Waals surface area (Å²) in [5.41, 5.74) is 3.44. The molecule has 10 nitrogen and oxygen atoms in total. The van der Waals surface area contributed by atoms with Gasteiger partial charge in [0.2, 0.25) is 0 Å². The Kier molecular flexibility index (Phi) is 7.05. The number of hydrogen-bond acceptors (Lipinski definition) is 9. The number of fused-ring (bicyclic) bond motifs is 2. The van der Waals surface area contributed by atoms with Gasteiger partial charge in [-0.3, -0.25) is 10.00 Å². The minimum absolute atomic E-state index is 0.152. The van der Waals surface area contributed by atoms with Gasteiger partial charge in [-0.05, 0) is 48.4 Å². The number of ether oxygens (including phenoxy) is 2. The normalized spacial score (nSPS) is 15.5. The predicted octanol–water partition coefficient (Wildman–Crippen LogP) is 4.82. The number of rotatable bonds is 7. The van der Waals surface area contributed by atoms with E-state index < -0.39 is 6.09 Å². The quantitative estimate of drug-likeness (QED) is 0.266. The van der Waals surface area contributed by atoms with Crippen LogP contribution in [0.15, 0.2) is 55.0 Å². The molecule has 1 amide bonds. The van der Waals surface area contributed by atoms with Gasteiger partial charge in [0.25, 0.3) is 0 Å². The number of nitrogens with zero attached hydrogens (tertiary/aromatic N) is 4. The van der Waals surface area contributed by atoms with E-state index in [1.807, 2.05) is 35.9 Å². The first-order chi connectivity index (χ1) is 19.0. The highest BCUT2D eigenvalue weighted by Crippen LogP contribution is 2.38. The average molecular weight is 548 g/mol. The fraction of sp³-hybridized carbons (Fsp3) is 0.259. The summed E-state index contributed by atoms with van der Waals surface area (Å²) in [5.74, 6) is 0.362. The van der Waals surface area contributed by atoms with Crippen molar-refractivity contribution in [2.45, 2.75) is 19.6 Å². The fourth-order valence-corrected chi connectivity index (χ4v) is 5.58. The SMILES string of the molecule is Cc1c(NC(=O)OCC2CNCCO2)sc2ncnc(Nc3ccc4c(cnn4Cc4cccc(F)c4)c3)c12. The molecule has 1 atom stereocenters. The van der Waals surface area contributed by atoms with E-state index in [0.29, 0.717) is 30.5 Å². The molecular formula is C27H26FN7O3S. The van der Waals surface area contributed by atoms with Crippen LogP contribution in [0.1, 0.15) is 11.1 Å². The molecule has 0 radical (unpaired) electrons. The van der Waals surface area contributed by atoms with E-state index in [2.05, 4.69) is 31.0 Å². The maximum Gasteiger partial charge on any atom is 0.412 e. The topological polar surface area (TPSA) is 115 Å². The van der Waals surface area contributed by atoms with Gasteiger partial charge >= 0.3 is 6.09 Å². The van der Waals surface area contributed by atoms with Crippen LogP contribution < -0.4 is 16.0 Å². The van der Waals surface area contributed by atoms with Crippen LogP contribution in [0.2, 0.25) is 0 Å². The highest BCUT2D eigenvalue weighted by Gasteiger charge is 2.19. The standard InChI is InChI=1S/C27H26FN7O3S/c1-16-23-24(30-15-31-26(23)39-25(16)34-27(36)38-14-21-12-29-7-8-37-21)33-20-5-6-22-18(10-20)11-32-35(22)13-17-3-2-4-19(28)9-17/h2-6,9-11,15,21,29H,7-8,12-14H2,1H3,(H,34,36)(H,30,31,33). The number of hydrogen-bond donors (Lipinski definition) is 3. The Morgan fingerprint density at radius 2 is 2.21 bits per heavy atom. The summed E-state index contributed by atoms with van der Waals surface area (Å²) in [7, 11) is 0. The first-order valence-corrected chi connectivity index (χ1v) is 13.3. The largest absolute Gasteiger partial charge is 0.446 e. The number of morpholine rings is 1. The number of halogens is 1. The van der Waals surface area contributed by atoms with Crippen LogP contribution in [-0.4, -0.2) is 58.2 Å². The van der Waals surface area contributed by atoms with E-state index in [4.69, 9.17) is 9.47 Å². The molecule has 12 heteroatoms. The van der Waals surface area contributed by atoms with Crippen LogP contribution in [0.5, 0.6) is 0 Å². The van der Waals surface area contributed by atoms with E-state index in [9.17, 15) is 9.18 Å². The number of benzene rings is 2. The second-order valence-electron chi connectivity index (χ2n) is 9.21. The summed E-state index contributed by atoms with van der Waals surface area (Å²) in [6.45, 7) is 4.61. The zero-order valence-electron chi connectivity index (χ0n) is 21.1. The number of aromatic nitrogens is 4. The highest BCUT2D eigenvalue weighted by atomic mass is 32.1. The van der Waals surface area contributed by atoms with Crippen molar-refractivity contribution in [2.24, 2.45) is 0 Å². The number of nitrogens with one attached hydrogen (secondary N) is 3. The molecule has 1 aliphatic heterocycles. The van der Waals surface area contributed by atoms with Crippen LogP contribution in [0.3, 0.4) is 0 Å². The molecule has 0 bridgehead atoms. The molecule has 1 fully saturated rings. The van der Waals surface area contributed by atoms with E-state index in [-0.39, 0.29) is 18.5 Å². The lowest BCUT2D eigenvalue weighted by Crippen LogP contribution is -2.41. The monoisotopic (exact) mass is 547 g/mol. The van der Waals surface area contributed by atoms with Crippen LogP contribution in [0, 0.1) is 12.7 Å². The van der Waals surface area contributed by atoms with Crippen molar-refractivity contribution in [2.75, 3.05) is 36.9 Å². The third kappa shape index (κ3) is 5.53. The fourth-order valence-electron chi connectivity index (χ4n) is 4.55. The zero-order valence-corrected chi connectivity index (χ0v) is 21.9. The van der Waals surface area contributed by atoms with Crippen LogP contribution in [0.25, 0.3) is 21.1 Å². The molecule has 39 heavy (non-hydrogen) atoms. The van der Waals surface area contributed by atoms with E-state index in [1.165, 1.54) is 29.8 Å². The van der Waals surface area contributed by atoms with E-state index in [0.717, 1.165) is 44.5 Å². The minimum Gasteiger partial charge on any atom is -0.446 e. The van der Waals surface area contributed by atoms with Crippen molar-refractivity contribution < 1.29 is 18.7 Å². The van der Waals surface area contributed by atoms with Gasteiger partial charge in [0.15, 0.2) is 0 Å². The number of aryl methyl sites for hydroxylation is 1. The van der Waals surface area contributed by atoms with Crippen molar-refractivity contribution >= 4 is 55.1 Å². The second-order valence-corrected chi connectivity index (χ2v) is 10.2. The Morgan fingerprint density at radius 1 is 1.28 bits per heavy atom. The first kappa shape index (κ1) is 25.2. The molecule has 3 N–H and O–H groups in total. The lowest BCUT2D eigenvalue weighted by molar-refractivity contribution is -0.00983. The van der Waals surface area contributed by atoms with Crippen LogP contribution >= 0.6 is 11.3 Å². The van der Waals surface area contributed by atoms with Gasteiger partial charge in [-0.2, -0.15) is 5.10 Å². The van der Waals surface area contributed by atoms with Crippen molar-refractivity contribution in [3.05, 3.63) is 71.9 Å². The lowest BCUT2D eigenvalue weighted by Gasteiger charge is -2.23. The third-order valence-electron chi connectivity index (χ3n) is 6.47. The second kappa shape index (κ2) is 10.9. The predicted molar refractivity (Wildman–Crippen MR) is 148 cm³/mol. The van der Waals surface area contributed by atoms with Gasteiger partial charge in [-0.1, -0.05) is 23.5 Å². The Balaban J connectivity index is 1.18. The Hall–Kier alpha value is -4.13. The number of anilines is 3. The van der Waals surface area contributed by atoms with Crippen LogP contribution in [-0.2, 0) is 16.0 Å². The molecule has 0 aliphatic carbocycles. The molecule has 3 aromatic heterocycles. The molecule has 1 saturated heterocycles. The molecule has 200 valence electrons. The van der Waals surface area contributed by atoms with Crippen molar-refractivity contribution in [1.82, 2.24) is 25.1 Å². The number of carbonyl (C=O) groups excluding carboxylic acids is 1. The molecule has 5 aromatic rings. The first-order valence-electron chi connectivity index (χ1n) is 12.5. The molecular weight excluding hydrogens is 521 g/mol. The van der Waals surface area contributed by atoms with Gasteiger partial charge in [0.1, 0.15) is 40.5 Å². The summed E-state index contributed by atoms with van der Waals surface area (Å²) in [6.07, 6.45) is 2.58. The van der Waals surface area contributed by atoms with Gasteiger partial charge in [-0.15, -0.1) is 0 Å². The van der Waals surface area contributed by atoms with Gasteiger partial charge in [0, 0.05) is 24.2 Å². The van der Waals surface area contributed by atoms with E-state index in [1.54, 1.807) is 12.3 Å². The molecule has 1 unspecified atom stereocenters. The van der Waals surface area contributed by atoms with Gasteiger partial charge in [0.05, 0.1) is 30.3 Å². The van der Waals surface area contributed by atoms with Crippen molar-refractivity contribution in [3.63, 3.8) is 0 Å². The number of carbonyl (C=O) groups is 1. The van der Waals surface area contributed by atoms with Crippen molar-refractivity contribution in [1.29, 1.82) is 0 Å². The molecule has 0 saturated carbocycles. The maximum atomic E-state index is 13.6. The molecule has 4 heterocycles. The Morgan fingerprint density at radius 3 is 3.05 bits per heavy atom. The summed E-state index contributed by atoms with van der Waals surface area (Å²) in [6, 6.07) is 12.4. The average Bonchev–Trinajstić information content (AvgIpc) is 3.48. The smallest absolute Gasteiger partial charge is 0.412 e. The number of amides is 1. The molecule has 6 rings (SSSR count). The number of thiophene rings is 1. The Labute approximate surface area is 227 Å². The summed E-state index contributed by atoms with van der Waals surface area (Å²) >= 11 is 1.36. The minimum atomic E-state index is -0.540.